The van der Waals surface area contributed by atoms with Gasteiger partial charge in [0.25, 0.3) is 11.5 Å². The van der Waals surface area contributed by atoms with Crippen LogP contribution >= 0.6 is 0 Å². The first-order valence-electron chi connectivity index (χ1n) is 8.83. The molecule has 0 radical (unpaired) electrons. The van der Waals surface area contributed by atoms with E-state index in [-0.39, 0.29) is 16.6 Å². The van der Waals surface area contributed by atoms with Gasteiger partial charge in [-0.3, -0.25) is 9.59 Å². The summed E-state index contributed by atoms with van der Waals surface area (Å²) in [7, 11) is 0. The summed E-state index contributed by atoms with van der Waals surface area (Å²) >= 11 is 0. The van der Waals surface area contributed by atoms with Crippen LogP contribution in [0.25, 0.3) is 10.8 Å². The van der Waals surface area contributed by atoms with E-state index < -0.39 is 35.8 Å². The Morgan fingerprint density at radius 1 is 1.07 bits per heavy atom. The molecule has 9 heteroatoms. The number of anilines is 1. The van der Waals surface area contributed by atoms with Crippen LogP contribution in [0, 0.1) is 11.6 Å². The Bertz CT molecular complexity index is 1120. The van der Waals surface area contributed by atoms with Crippen LogP contribution in [0.1, 0.15) is 23.8 Å². The minimum atomic E-state index is -0.955. The van der Waals surface area contributed by atoms with E-state index in [9.17, 15) is 23.2 Å². The summed E-state index contributed by atoms with van der Waals surface area (Å²) in [6, 6.07) is 9.53. The van der Waals surface area contributed by atoms with Crippen molar-refractivity contribution in [1.29, 1.82) is 0 Å². The highest BCUT2D eigenvalue weighted by Crippen LogP contribution is 2.18. The number of para-hydroxylation sites is 1. The molecule has 1 amide bonds. The van der Waals surface area contributed by atoms with Crippen molar-refractivity contribution in [1.82, 2.24) is 9.78 Å². The third-order valence-corrected chi connectivity index (χ3v) is 4.06. The smallest absolute Gasteiger partial charge is 0.359 e. The van der Waals surface area contributed by atoms with Crippen molar-refractivity contribution in [2.75, 3.05) is 11.9 Å². The number of aromatic nitrogens is 2. The number of ether oxygens (including phenoxy) is 1. The second-order valence-corrected chi connectivity index (χ2v) is 6.14. The molecule has 7 nitrogen and oxygen atoms in total. The average Bonchev–Trinajstić information content (AvgIpc) is 2.71. The Kier molecular flexibility index (Phi) is 5.96. The minimum Gasteiger partial charge on any atom is -0.451 e. The Morgan fingerprint density at radius 2 is 1.72 bits per heavy atom. The van der Waals surface area contributed by atoms with E-state index in [1.165, 1.54) is 0 Å². The highest BCUT2D eigenvalue weighted by molar-refractivity contribution is 6.03. The first-order valence-corrected chi connectivity index (χ1v) is 8.83. The van der Waals surface area contributed by atoms with Crippen LogP contribution in [0.15, 0.2) is 47.3 Å². The number of amides is 1. The van der Waals surface area contributed by atoms with Gasteiger partial charge in [0.2, 0.25) is 0 Å². The lowest BCUT2D eigenvalue weighted by atomic mass is 10.1. The number of halogens is 2. The maximum atomic E-state index is 13.6. The molecular formula is C20H17F2N3O4. The van der Waals surface area contributed by atoms with E-state index in [0.29, 0.717) is 18.4 Å². The zero-order chi connectivity index (χ0) is 21.0. The number of rotatable bonds is 6. The summed E-state index contributed by atoms with van der Waals surface area (Å²) in [6.07, 6.45) is 0.621. The van der Waals surface area contributed by atoms with Crippen LogP contribution in [-0.2, 0) is 16.1 Å². The summed E-state index contributed by atoms with van der Waals surface area (Å²) in [5.41, 5.74) is -1.10. The summed E-state index contributed by atoms with van der Waals surface area (Å²) in [5, 5.41) is 6.66. The standard InChI is InChI=1S/C20H17F2N3O4/c1-2-10-25-19(27)13-7-4-3-6-12(13)17(24-25)20(28)29-11-16(26)23-18-14(21)8-5-9-15(18)22/h3-9H,2,10-11H2,1H3,(H,23,26). The maximum absolute atomic E-state index is 13.6. The number of esters is 1. The molecule has 150 valence electrons. The molecule has 1 aromatic heterocycles. The Morgan fingerprint density at radius 3 is 2.38 bits per heavy atom. The van der Waals surface area contributed by atoms with Gasteiger partial charge in [0.15, 0.2) is 12.3 Å². The van der Waals surface area contributed by atoms with Gasteiger partial charge >= 0.3 is 5.97 Å². The Balaban J connectivity index is 1.80. The molecule has 0 saturated heterocycles. The number of hydrogen-bond donors (Lipinski definition) is 1. The molecule has 0 bridgehead atoms. The lowest BCUT2D eigenvalue weighted by Gasteiger charge is -2.11. The lowest BCUT2D eigenvalue weighted by Crippen LogP contribution is -2.28. The number of hydrogen-bond acceptors (Lipinski definition) is 5. The van der Waals surface area contributed by atoms with Crippen LogP contribution in [-0.4, -0.2) is 28.3 Å². The van der Waals surface area contributed by atoms with E-state index in [4.69, 9.17) is 4.74 Å². The number of carbonyl (C=O) groups excluding carboxylic acids is 2. The minimum absolute atomic E-state index is 0.126. The highest BCUT2D eigenvalue weighted by Gasteiger charge is 2.19. The molecule has 0 fully saturated rings. The van der Waals surface area contributed by atoms with Crippen molar-refractivity contribution >= 4 is 28.3 Å². The zero-order valence-electron chi connectivity index (χ0n) is 15.4. The molecule has 0 spiro atoms. The topological polar surface area (TPSA) is 90.3 Å². The number of benzene rings is 2. The summed E-state index contributed by atoms with van der Waals surface area (Å²) < 4.78 is 33.3. The normalized spacial score (nSPS) is 10.7. The SMILES string of the molecule is CCCn1nc(C(=O)OCC(=O)Nc2c(F)cccc2F)c2ccccc2c1=O. The first-order chi connectivity index (χ1) is 13.9. The molecule has 0 unspecified atom stereocenters. The van der Waals surface area contributed by atoms with Gasteiger partial charge in [-0.25, -0.2) is 18.3 Å². The number of aryl methyl sites for hydroxylation is 1. The highest BCUT2D eigenvalue weighted by atomic mass is 19.1. The molecule has 3 aromatic rings. The largest absolute Gasteiger partial charge is 0.451 e. The van der Waals surface area contributed by atoms with Gasteiger partial charge in [-0.15, -0.1) is 0 Å². The number of nitrogens with one attached hydrogen (secondary N) is 1. The lowest BCUT2D eigenvalue weighted by molar-refractivity contribution is -0.119. The van der Waals surface area contributed by atoms with Gasteiger partial charge in [0, 0.05) is 11.9 Å². The van der Waals surface area contributed by atoms with Gasteiger partial charge in [0.1, 0.15) is 17.3 Å². The number of nitrogens with zero attached hydrogens (tertiary/aromatic N) is 2. The van der Waals surface area contributed by atoms with Crippen LogP contribution in [0.4, 0.5) is 14.5 Å². The van der Waals surface area contributed by atoms with Gasteiger partial charge in [-0.1, -0.05) is 31.2 Å². The second kappa shape index (κ2) is 8.59. The molecular weight excluding hydrogens is 384 g/mol. The summed E-state index contributed by atoms with van der Waals surface area (Å²) in [5.74, 6) is -3.77. The van der Waals surface area contributed by atoms with E-state index in [0.717, 1.165) is 22.9 Å². The molecule has 0 atom stereocenters. The van der Waals surface area contributed by atoms with Gasteiger partial charge < -0.3 is 10.1 Å². The fraction of sp³-hybridized carbons (Fsp3) is 0.200. The molecule has 0 aliphatic rings. The van der Waals surface area contributed by atoms with E-state index >= 15 is 0 Å². The van der Waals surface area contributed by atoms with Crippen molar-refractivity contribution in [2.45, 2.75) is 19.9 Å². The molecule has 0 saturated carbocycles. The van der Waals surface area contributed by atoms with E-state index in [1.807, 2.05) is 12.2 Å². The van der Waals surface area contributed by atoms with Gasteiger partial charge in [-0.05, 0) is 24.6 Å². The molecule has 3 rings (SSSR count). The number of fused-ring (bicyclic) bond motifs is 1. The average molecular weight is 401 g/mol. The zero-order valence-corrected chi connectivity index (χ0v) is 15.4. The van der Waals surface area contributed by atoms with Crippen LogP contribution < -0.4 is 10.9 Å². The predicted octanol–water partition coefficient (Wildman–Crippen LogP) is 2.88. The molecule has 1 N–H and O–H groups in total. The van der Waals surface area contributed by atoms with Gasteiger partial charge in [0.05, 0.1) is 5.39 Å². The van der Waals surface area contributed by atoms with Crippen LogP contribution in [0.3, 0.4) is 0 Å². The monoisotopic (exact) mass is 401 g/mol. The summed E-state index contributed by atoms with van der Waals surface area (Å²) in [4.78, 5) is 36.9. The van der Waals surface area contributed by atoms with Crippen molar-refractivity contribution in [2.24, 2.45) is 0 Å². The van der Waals surface area contributed by atoms with Crippen molar-refractivity contribution < 1.29 is 23.1 Å². The fourth-order valence-electron chi connectivity index (χ4n) is 2.74. The molecule has 1 heterocycles. The van der Waals surface area contributed by atoms with Gasteiger partial charge in [-0.2, -0.15) is 5.10 Å². The number of carbonyl (C=O) groups is 2. The van der Waals surface area contributed by atoms with E-state index in [2.05, 4.69) is 5.10 Å². The second-order valence-electron chi connectivity index (χ2n) is 6.14. The Hall–Kier alpha value is -3.62. The molecule has 0 aliphatic carbocycles. The molecule has 0 aliphatic heterocycles. The molecule has 29 heavy (non-hydrogen) atoms. The predicted molar refractivity (Wildman–Crippen MR) is 102 cm³/mol. The van der Waals surface area contributed by atoms with Crippen LogP contribution in [0.2, 0.25) is 0 Å². The summed E-state index contributed by atoms with van der Waals surface area (Å²) in [6.45, 7) is 1.37. The first kappa shape index (κ1) is 20.1. The van der Waals surface area contributed by atoms with Crippen molar-refractivity contribution in [3.05, 3.63) is 70.1 Å². The van der Waals surface area contributed by atoms with Crippen LogP contribution in [0.5, 0.6) is 0 Å². The quantitative estimate of drug-likeness (QED) is 0.642. The van der Waals surface area contributed by atoms with E-state index in [1.54, 1.807) is 24.3 Å². The Labute approximate surface area is 163 Å². The van der Waals surface area contributed by atoms with Crippen molar-refractivity contribution in [3.63, 3.8) is 0 Å². The molecule has 2 aromatic carbocycles. The van der Waals surface area contributed by atoms with Crippen molar-refractivity contribution in [3.8, 4) is 0 Å². The fourth-order valence-corrected chi connectivity index (χ4v) is 2.74. The third-order valence-electron chi connectivity index (χ3n) is 4.06. The third kappa shape index (κ3) is 4.29. The maximum Gasteiger partial charge on any atom is 0.359 e.